The summed E-state index contributed by atoms with van der Waals surface area (Å²) in [5.74, 6) is 2.60. The quantitative estimate of drug-likeness (QED) is 0.645. The van der Waals surface area contributed by atoms with Gasteiger partial charge in [0.1, 0.15) is 11.9 Å². The number of pyridine rings is 2. The number of hydrogen-bond acceptors (Lipinski definition) is 8. The maximum Gasteiger partial charge on any atom is 0.226 e. The number of fused-ring (bicyclic) bond motifs is 1. The molecule has 3 aromatic heterocycles. The summed E-state index contributed by atoms with van der Waals surface area (Å²) in [5, 5.41) is 14.4. The van der Waals surface area contributed by atoms with Gasteiger partial charge in [-0.1, -0.05) is 5.16 Å². The first-order chi connectivity index (χ1) is 13.8. The highest BCUT2D eigenvalue weighted by molar-refractivity contribution is 5.79. The third-order valence-corrected chi connectivity index (χ3v) is 5.11. The Morgan fingerprint density at radius 3 is 2.96 bits per heavy atom. The van der Waals surface area contributed by atoms with Crippen molar-refractivity contribution in [2.75, 3.05) is 31.7 Å². The minimum absolute atomic E-state index is 0.482. The Balaban J connectivity index is 1.41. The van der Waals surface area contributed by atoms with Crippen molar-refractivity contribution in [2.24, 2.45) is 5.92 Å². The number of aromatic nitrogens is 4. The Bertz CT molecular complexity index is 988. The molecule has 0 amide bonds. The lowest BCUT2D eigenvalue weighted by Crippen LogP contribution is -2.35. The Hall–Kier alpha value is -3.05. The maximum absolute atomic E-state index is 9.55. The van der Waals surface area contributed by atoms with E-state index >= 15 is 0 Å². The number of methoxy groups -OCH3 is 1. The average molecular weight is 378 g/mol. The first-order valence-corrected chi connectivity index (χ1v) is 9.48. The zero-order chi connectivity index (χ0) is 19.3. The highest BCUT2D eigenvalue weighted by Gasteiger charge is 2.24. The van der Waals surface area contributed by atoms with Crippen molar-refractivity contribution in [2.45, 2.75) is 25.7 Å². The third-order valence-electron chi connectivity index (χ3n) is 5.11. The lowest BCUT2D eigenvalue weighted by atomic mass is 9.93. The second kappa shape index (κ2) is 8.31. The normalized spacial score (nSPS) is 15.1. The van der Waals surface area contributed by atoms with Gasteiger partial charge in [-0.05, 0) is 37.0 Å². The van der Waals surface area contributed by atoms with Crippen LogP contribution in [0.25, 0.3) is 11.0 Å². The largest absolute Gasteiger partial charge is 0.384 e. The molecule has 3 aromatic rings. The van der Waals surface area contributed by atoms with E-state index < -0.39 is 0 Å². The molecule has 0 aliphatic carbocycles. The molecule has 8 nitrogen and oxygen atoms in total. The summed E-state index contributed by atoms with van der Waals surface area (Å²) in [7, 11) is 1.66. The van der Waals surface area contributed by atoms with Crippen LogP contribution in [0.4, 0.5) is 5.82 Å². The zero-order valence-electron chi connectivity index (χ0n) is 15.8. The Kier molecular flexibility index (Phi) is 5.44. The van der Waals surface area contributed by atoms with Crippen molar-refractivity contribution in [1.29, 1.82) is 5.26 Å². The van der Waals surface area contributed by atoms with Crippen LogP contribution in [0.15, 0.2) is 28.9 Å². The summed E-state index contributed by atoms with van der Waals surface area (Å²) in [4.78, 5) is 15.6. The fraction of sp³-hybridized carbons (Fsp3) is 0.450. The smallest absolute Gasteiger partial charge is 0.226 e. The van der Waals surface area contributed by atoms with Crippen LogP contribution in [-0.4, -0.2) is 46.9 Å². The predicted molar refractivity (Wildman–Crippen MR) is 103 cm³/mol. The van der Waals surface area contributed by atoms with Gasteiger partial charge in [0, 0.05) is 44.6 Å². The van der Waals surface area contributed by atoms with Gasteiger partial charge in [0.2, 0.25) is 5.89 Å². The SMILES string of the molecule is COCCc1noc(CC2CCN(c3nc4ncccc4cc3C#N)CC2)n1. The van der Waals surface area contributed by atoms with Crippen LogP contribution in [0.1, 0.15) is 30.1 Å². The lowest BCUT2D eigenvalue weighted by Gasteiger charge is -2.32. The highest BCUT2D eigenvalue weighted by atomic mass is 16.5. The molecule has 144 valence electrons. The Morgan fingerprint density at radius 2 is 2.18 bits per heavy atom. The summed E-state index contributed by atoms with van der Waals surface area (Å²) >= 11 is 0. The topological polar surface area (TPSA) is 101 Å². The Morgan fingerprint density at radius 1 is 1.32 bits per heavy atom. The number of ether oxygens (including phenoxy) is 1. The molecular weight excluding hydrogens is 356 g/mol. The van der Waals surface area contributed by atoms with Crippen LogP contribution in [-0.2, 0) is 17.6 Å². The van der Waals surface area contributed by atoms with Crippen molar-refractivity contribution in [3.63, 3.8) is 0 Å². The molecule has 1 fully saturated rings. The van der Waals surface area contributed by atoms with Crippen LogP contribution in [0.2, 0.25) is 0 Å². The standard InChI is InChI=1S/C20H22N6O2/c1-27-10-6-17-23-18(28-25-17)11-14-4-8-26(9-5-14)20-16(13-21)12-15-3-2-7-22-19(15)24-20/h2-3,7,12,14H,4-6,8-11H2,1H3. The molecule has 0 N–H and O–H groups in total. The highest BCUT2D eigenvalue weighted by Crippen LogP contribution is 2.28. The van der Waals surface area contributed by atoms with Crippen LogP contribution in [0, 0.1) is 17.2 Å². The van der Waals surface area contributed by atoms with E-state index in [0.29, 0.717) is 41.9 Å². The molecule has 0 spiro atoms. The van der Waals surface area contributed by atoms with Crippen molar-refractivity contribution >= 4 is 16.9 Å². The van der Waals surface area contributed by atoms with Crippen molar-refractivity contribution < 1.29 is 9.26 Å². The number of rotatable bonds is 6. The van der Waals surface area contributed by atoms with Gasteiger partial charge >= 0.3 is 0 Å². The first-order valence-electron chi connectivity index (χ1n) is 9.48. The summed E-state index contributed by atoms with van der Waals surface area (Å²) in [5.41, 5.74) is 1.27. The molecule has 1 aliphatic rings. The van der Waals surface area contributed by atoms with E-state index in [0.717, 1.165) is 43.6 Å². The number of nitrogens with zero attached hydrogens (tertiary/aromatic N) is 6. The van der Waals surface area contributed by atoms with Crippen LogP contribution in [0.5, 0.6) is 0 Å². The first kappa shape index (κ1) is 18.3. The predicted octanol–water partition coefficient (Wildman–Crippen LogP) is 2.53. The average Bonchev–Trinajstić information content (AvgIpc) is 3.19. The van der Waals surface area contributed by atoms with Crippen LogP contribution >= 0.6 is 0 Å². The molecule has 1 aliphatic heterocycles. The van der Waals surface area contributed by atoms with Gasteiger partial charge in [-0.15, -0.1) is 0 Å². The van der Waals surface area contributed by atoms with Gasteiger partial charge in [-0.2, -0.15) is 10.2 Å². The molecule has 0 unspecified atom stereocenters. The van der Waals surface area contributed by atoms with Gasteiger partial charge in [-0.3, -0.25) is 0 Å². The minimum atomic E-state index is 0.482. The summed E-state index contributed by atoms with van der Waals surface area (Å²) in [6, 6.07) is 7.94. The van der Waals surface area contributed by atoms with E-state index in [4.69, 9.17) is 9.26 Å². The molecular formula is C20H22N6O2. The summed E-state index contributed by atoms with van der Waals surface area (Å²) < 4.78 is 10.4. The van der Waals surface area contributed by atoms with Crippen LogP contribution < -0.4 is 4.90 Å². The monoisotopic (exact) mass is 378 g/mol. The summed E-state index contributed by atoms with van der Waals surface area (Å²) in [6.45, 7) is 2.27. The molecule has 4 rings (SSSR count). The molecule has 0 radical (unpaired) electrons. The van der Waals surface area contributed by atoms with E-state index in [1.54, 1.807) is 13.3 Å². The van der Waals surface area contributed by atoms with Gasteiger partial charge in [-0.25, -0.2) is 9.97 Å². The zero-order valence-corrected chi connectivity index (χ0v) is 15.8. The molecule has 0 saturated carbocycles. The molecule has 8 heteroatoms. The lowest BCUT2D eigenvalue weighted by molar-refractivity contribution is 0.199. The molecule has 0 aromatic carbocycles. The van der Waals surface area contributed by atoms with E-state index in [-0.39, 0.29) is 0 Å². The molecule has 0 atom stereocenters. The number of piperidine rings is 1. The number of anilines is 1. The fourth-order valence-electron chi connectivity index (χ4n) is 3.58. The second-order valence-corrected chi connectivity index (χ2v) is 7.00. The van der Waals surface area contributed by atoms with Gasteiger partial charge in [0.05, 0.1) is 12.2 Å². The van der Waals surface area contributed by atoms with Crippen molar-refractivity contribution in [1.82, 2.24) is 20.1 Å². The summed E-state index contributed by atoms with van der Waals surface area (Å²) in [6.07, 6.45) is 5.15. The molecule has 1 saturated heterocycles. The van der Waals surface area contributed by atoms with Crippen molar-refractivity contribution in [3.05, 3.63) is 41.7 Å². The molecule has 4 heterocycles. The van der Waals surface area contributed by atoms with Crippen molar-refractivity contribution in [3.8, 4) is 6.07 Å². The third kappa shape index (κ3) is 3.94. The van der Waals surface area contributed by atoms with Gasteiger partial charge in [0.25, 0.3) is 0 Å². The van der Waals surface area contributed by atoms with Crippen LogP contribution in [0.3, 0.4) is 0 Å². The maximum atomic E-state index is 9.55. The van der Waals surface area contributed by atoms with Gasteiger partial charge in [0.15, 0.2) is 11.5 Å². The Labute approximate surface area is 163 Å². The van der Waals surface area contributed by atoms with E-state index in [9.17, 15) is 5.26 Å². The van der Waals surface area contributed by atoms with E-state index in [1.165, 1.54) is 0 Å². The van der Waals surface area contributed by atoms with E-state index in [1.807, 2.05) is 18.2 Å². The number of nitriles is 1. The number of hydrogen-bond donors (Lipinski definition) is 0. The minimum Gasteiger partial charge on any atom is -0.384 e. The van der Waals surface area contributed by atoms with Gasteiger partial charge < -0.3 is 14.2 Å². The molecule has 28 heavy (non-hydrogen) atoms. The molecule has 0 bridgehead atoms. The van der Waals surface area contributed by atoms with E-state index in [2.05, 4.69) is 31.1 Å². The second-order valence-electron chi connectivity index (χ2n) is 7.00. The fourth-order valence-corrected chi connectivity index (χ4v) is 3.58.